The van der Waals surface area contributed by atoms with E-state index in [1.165, 1.54) is 10.8 Å². The first kappa shape index (κ1) is 21.9. The van der Waals surface area contributed by atoms with Gasteiger partial charge < -0.3 is 10.6 Å². The zero-order valence-electron chi connectivity index (χ0n) is 18.1. The number of benzene rings is 2. The van der Waals surface area contributed by atoms with Gasteiger partial charge in [-0.2, -0.15) is 0 Å². The molecule has 0 unspecified atom stereocenters. The maximum atomic E-state index is 13.0. The lowest BCUT2D eigenvalue weighted by Crippen LogP contribution is -2.47. The van der Waals surface area contributed by atoms with Crippen LogP contribution in [0.2, 0.25) is 0 Å². The van der Waals surface area contributed by atoms with E-state index in [1.807, 2.05) is 36.4 Å². The number of amides is 2. The predicted octanol–water partition coefficient (Wildman–Crippen LogP) is 2.47. The van der Waals surface area contributed by atoms with Crippen LogP contribution >= 0.6 is 0 Å². The molecule has 2 aromatic carbocycles. The maximum absolute atomic E-state index is 13.0. The lowest BCUT2D eigenvalue weighted by atomic mass is 10.1. The van der Waals surface area contributed by atoms with E-state index in [0.717, 1.165) is 5.56 Å². The molecule has 2 N–H and O–H groups in total. The molecule has 2 amide bonds. The fraction of sp³-hybridized carbons (Fsp3) is 0.160. The number of fused-ring (bicyclic) bond motifs is 1. The molecular formula is C25H23N5O3. The summed E-state index contributed by atoms with van der Waals surface area (Å²) in [5.74, 6) is -0.821. The summed E-state index contributed by atoms with van der Waals surface area (Å²) in [7, 11) is 0. The third-order valence-electron chi connectivity index (χ3n) is 5.18. The summed E-state index contributed by atoms with van der Waals surface area (Å²) < 4.78 is 1.38. The van der Waals surface area contributed by atoms with Crippen molar-refractivity contribution in [1.82, 2.24) is 19.9 Å². The van der Waals surface area contributed by atoms with Gasteiger partial charge in [-0.1, -0.05) is 42.5 Å². The van der Waals surface area contributed by atoms with Crippen LogP contribution in [0.5, 0.6) is 0 Å². The molecule has 1 atom stereocenters. The second kappa shape index (κ2) is 9.86. The van der Waals surface area contributed by atoms with Crippen LogP contribution in [0.4, 0.5) is 5.69 Å². The van der Waals surface area contributed by atoms with Gasteiger partial charge in [0.2, 0.25) is 11.8 Å². The molecule has 2 heterocycles. The van der Waals surface area contributed by atoms with Crippen molar-refractivity contribution < 1.29 is 9.59 Å². The van der Waals surface area contributed by atoms with E-state index in [9.17, 15) is 14.4 Å². The second-order valence-corrected chi connectivity index (χ2v) is 7.62. The van der Waals surface area contributed by atoms with Gasteiger partial charge in [-0.05, 0) is 36.8 Å². The summed E-state index contributed by atoms with van der Waals surface area (Å²) in [6.45, 7) is 1.39. The predicted molar refractivity (Wildman–Crippen MR) is 126 cm³/mol. The van der Waals surface area contributed by atoms with Crippen molar-refractivity contribution in [2.75, 3.05) is 5.32 Å². The van der Waals surface area contributed by atoms with Gasteiger partial charge in [0.25, 0.3) is 5.56 Å². The Morgan fingerprint density at radius 1 is 1.00 bits per heavy atom. The highest BCUT2D eigenvalue weighted by Crippen LogP contribution is 2.11. The highest BCUT2D eigenvalue weighted by atomic mass is 16.2. The smallest absolute Gasteiger partial charge is 0.272 e. The molecule has 0 aliphatic carbocycles. The summed E-state index contributed by atoms with van der Waals surface area (Å²) >= 11 is 0. The molecule has 8 heteroatoms. The van der Waals surface area contributed by atoms with Crippen molar-refractivity contribution in [3.05, 3.63) is 101 Å². The maximum Gasteiger partial charge on any atom is 0.272 e. The normalized spacial score (nSPS) is 11.7. The highest BCUT2D eigenvalue weighted by Gasteiger charge is 2.22. The van der Waals surface area contributed by atoms with Crippen molar-refractivity contribution >= 4 is 28.5 Å². The Kier molecular flexibility index (Phi) is 6.54. The molecule has 0 fully saturated rings. The van der Waals surface area contributed by atoms with Gasteiger partial charge in [0, 0.05) is 12.6 Å². The molecule has 2 aromatic heterocycles. The molecular weight excluding hydrogens is 418 g/mol. The van der Waals surface area contributed by atoms with Crippen LogP contribution in [-0.4, -0.2) is 32.4 Å². The van der Waals surface area contributed by atoms with Crippen LogP contribution in [-0.2, 0) is 22.6 Å². The van der Waals surface area contributed by atoms with Gasteiger partial charge in [0.15, 0.2) is 0 Å². The average Bonchev–Trinajstić information content (AvgIpc) is 2.83. The molecule has 0 aliphatic heterocycles. The molecule has 4 aromatic rings. The third-order valence-corrected chi connectivity index (χ3v) is 5.18. The van der Waals surface area contributed by atoms with Crippen molar-refractivity contribution in [3.8, 4) is 0 Å². The molecule has 0 saturated carbocycles. The largest absolute Gasteiger partial charge is 0.342 e. The third kappa shape index (κ3) is 5.30. The van der Waals surface area contributed by atoms with E-state index >= 15 is 0 Å². The molecule has 0 bridgehead atoms. The number of anilines is 1. The monoisotopic (exact) mass is 441 g/mol. The Bertz CT molecular complexity index is 1340. The fourth-order valence-corrected chi connectivity index (χ4v) is 3.59. The molecule has 0 aliphatic rings. The van der Waals surface area contributed by atoms with Gasteiger partial charge in [-0.3, -0.25) is 23.9 Å². The number of pyridine rings is 1. The fourth-order valence-electron chi connectivity index (χ4n) is 3.59. The zero-order valence-corrected chi connectivity index (χ0v) is 18.1. The minimum Gasteiger partial charge on any atom is -0.342 e. The van der Waals surface area contributed by atoms with Crippen LogP contribution in [0, 0.1) is 6.92 Å². The number of nitrogens with zero attached hydrogens (tertiary/aromatic N) is 3. The number of rotatable bonds is 7. The zero-order chi connectivity index (χ0) is 23.2. The van der Waals surface area contributed by atoms with Crippen molar-refractivity contribution in [2.45, 2.75) is 25.9 Å². The van der Waals surface area contributed by atoms with E-state index in [1.54, 1.807) is 43.5 Å². The van der Waals surface area contributed by atoms with Gasteiger partial charge in [0.05, 0.1) is 22.9 Å². The number of hydrogen-bond donors (Lipinski definition) is 2. The Morgan fingerprint density at radius 3 is 2.52 bits per heavy atom. The summed E-state index contributed by atoms with van der Waals surface area (Å²) in [6.07, 6.45) is 3.44. The molecule has 8 nitrogen and oxygen atoms in total. The first-order valence-corrected chi connectivity index (χ1v) is 10.5. The number of para-hydroxylation sites is 2. The van der Waals surface area contributed by atoms with E-state index in [-0.39, 0.29) is 18.0 Å². The van der Waals surface area contributed by atoms with E-state index < -0.39 is 11.9 Å². The van der Waals surface area contributed by atoms with Gasteiger partial charge >= 0.3 is 0 Å². The Balaban J connectivity index is 1.57. The number of aryl methyl sites for hydroxylation is 1. The molecule has 166 valence electrons. The van der Waals surface area contributed by atoms with Crippen LogP contribution < -0.4 is 16.2 Å². The van der Waals surface area contributed by atoms with Crippen LogP contribution in [0.1, 0.15) is 11.3 Å². The quantitative estimate of drug-likeness (QED) is 0.458. The van der Waals surface area contributed by atoms with Crippen molar-refractivity contribution in [2.24, 2.45) is 0 Å². The van der Waals surface area contributed by atoms with Gasteiger partial charge in [-0.25, -0.2) is 4.98 Å². The average molecular weight is 441 g/mol. The number of aromatic nitrogens is 3. The highest BCUT2D eigenvalue weighted by molar-refractivity contribution is 5.97. The van der Waals surface area contributed by atoms with Gasteiger partial charge in [-0.15, -0.1) is 0 Å². The van der Waals surface area contributed by atoms with Crippen molar-refractivity contribution in [1.29, 1.82) is 0 Å². The number of carbonyl (C=O) groups excluding carboxylic acids is 2. The standard InChI is InChI=1S/C25H23N5O3/c1-17-25(33)30(22-12-6-5-11-20(22)27-17)16-23(31)29-21(14-18-8-3-2-4-9-18)24(32)28-19-10-7-13-26-15-19/h2-13,15,21H,14,16H2,1H3,(H,28,32)(H,29,31)/t21-/m0/s1. The summed E-state index contributed by atoms with van der Waals surface area (Å²) in [6, 6.07) is 19.1. The SMILES string of the molecule is Cc1nc2ccccc2n(CC(=O)N[C@@H](Cc2ccccc2)C(=O)Nc2cccnc2)c1=O. The number of hydrogen-bond acceptors (Lipinski definition) is 5. The minimum atomic E-state index is -0.843. The first-order valence-electron chi connectivity index (χ1n) is 10.5. The molecule has 0 spiro atoms. The summed E-state index contributed by atoms with van der Waals surface area (Å²) in [5, 5.41) is 5.58. The molecule has 4 rings (SSSR count). The van der Waals surface area contributed by atoms with Crippen LogP contribution in [0.15, 0.2) is 83.9 Å². The second-order valence-electron chi connectivity index (χ2n) is 7.62. The van der Waals surface area contributed by atoms with Crippen molar-refractivity contribution in [3.63, 3.8) is 0 Å². The molecule has 0 radical (unpaired) electrons. The van der Waals surface area contributed by atoms with E-state index in [4.69, 9.17) is 0 Å². The Hall–Kier alpha value is -4.33. The molecule has 0 saturated heterocycles. The minimum absolute atomic E-state index is 0.228. The lowest BCUT2D eigenvalue weighted by molar-refractivity contribution is -0.126. The first-order chi connectivity index (χ1) is 16.0. The van der Waals surface area contributed by atoms with E-state index in [2.05, 4.69) is 20.6 Å². The van der Waals surface area contributed by atoms with E-state index in [0.29, 0.717) is 28.8 Å². The lowest BCUT2D eigenvalue weighted by Gasteiger charge is -2.19. The number of carbonyl (C=O) groups is 2. The van der Waals surface area contributed by atoms with Gasteiger partial charge in [0.1, 0.15) is 18.3 Å². The number of nitrogens with one attached hydrogen (secondary N) is 2. The van der Waals surface area contributed by atoms with Crippen LogP contribution in [0.3, 0.4) is 0 Å². The van der Waals surface area contributed by atoms with Crippen LogP contribution in [0.25, 0.3) is 11.0 Å². The summed E-state index contributed by atoms with van der Waals surface area (Å²) in [5.41, 5.74) is 2.56. The molecule has 33 heavy (non-hydrogen) atoms. The Labute approximate surface area is 190 Å². The Morgan fingerprint density at radius 2 is 1.76 bits per heavy atom. The topological polar surface area (TPSA) is 106 Å². The summed E-state index contributed by atoms with van der Waals surface area (Å²) in [4.78, 5) is 47.0.